The Hall–Kier alpha value is -4.05. The normalized spacial score (nSPS) is 12.5. The lowest BCUT2D eigenvalue weighted by Gasteiger charge is -2.40. The number of hydrogen-bond donors (Lipinski definition) is 0. The zero-order chi connectivity index (χ0) is 30.7. The number of halogens is 1. The van der Waals surface area contributed by atoms with Gasteiger partial charge in [-0.25, -0.2) is 4.67 Å². The molecule has 6 aromatic carbocycles. The third-order valence-corrected chi connectivity index (χ3v) is 10.3. The Kier molecular flexibility index (Phi) is 10.9. The molecular formula is C39H33ClNO2PS. The largest absolute Gasteiger partial charge is 0.427 e. The second-order valence-corrected chi connectivity index (χ2v) is 13.4. The minimum absolute atomic E-state index is 0.0257. The van der Waals surface area contributed by atoms with Crippen LogP contribution in [0.1, 0.15) is 28.0 Å². The lowest BCUT2D eigenvalue weighted by atomic mass is 9.97. The van der Waals surface area contributed by atoms with E-state index in [4.69, 9.17) is 20.6 Å². The van der Waals surface area contributed by atoms with E-state index < -0.39 is 8.53 Å². The molecule has 0 bridgehead atoms. The fourth-order valence-corrected chi connectivity index (χ4v) is 8.19. The molecule has 0 spiro atoms. The summed E-state index contributed by atoms with van der Waals surface area (Å²) in [6, 6.07) is 59.8. The summed E-state index contributed by atoms with van der Waals surface area (Å²) in [7, 11) is -1.67. The van der Waals surface area contributed by atoms with Gasteiger partial charge < -0.3 is 9.05 Å². The molecule has 0 aliphatic rings. The molecule has 0 saturated heterocycles. The zero-order valence-corrected chi connectivity index (χ0v) is 27.1. The van der Waals surface area contributed by atoms with E-state index in [2.05, 4.69) is 108 Å². The molecule has 6 heteroatoms. The SMILES string of the molecule is Clc1ccc(S[C@H](c2ccccc2)[C@H](c2ccccc2)N(Cc2ccccc2)P(Oc2ccccc2)Oc2ccccc2)cc1. The maximum Gasteiger partial charge on any atom is 0.385 e. The van der Waals surface area contributed by atoms with Gasteiger partial charge in [-0.1, -0.05) is 139 Å². The zero-order valence-electron chi connectivity index (χ0n) is 24.6. The minimum Gasteiger partial charge on any atom is -0.427 e. The first-order valence-electron chi connectivity index (χ1n) is 14.8. The molecule has 0 saturated carbocycles. The predicted octanol–water partition coefficient (Wildman–Crippen LogP) is 11.8. The molecule has 2 atom stereocenters. The van der Waals surface area contributed by atoms with Crippen molar-refractivity contribution in [1.29, 1.82) is 0 Å². The Labute approximate surface area is 276 Å². The van der Waals surface area contributed by atoms with Gasteiger partial charge in [0.25, 0.3) is 0 Å². The van der Waals surface area contributed by atoms with E-state index in [0.717, 1.165) is 21.4 Å². The number of hydrogen-bond acceptors (Lipinski definition) is 4. The van der Waals surface area contributed by atoms with Crippen molar-refractivity contribution in [3.63, 3.8) is 0 Å². The van der Waals surface area contributed by atoms with E-state index in [1.165, 1.54) is 16.7 Å². The van der Waals surface area contributed by atoms with Crippen LogP contribution < -0.4 is 9.05 Å². The molecule has 0 radical (unpaired) electrons. The van der Waals surface area contributed by atoms with Crippen molar-refractivity contribution in [2.75, 3.05) is 0 Å². The Balaban J connectivity index is 1.53. The summed E-state index contributed by atoms with van der Waals surface area (Å²) < 4.78 is 16.1. The van der Waals surface area contributed by atoms with E-state index in [0.29, 0.717) is 6.54 Å². The molecule has 224 valence electrons. The fraction of sp³-hybridized carbons (Fsp3) is 0.0769. The molecule has 45 heavy (non-hydrogen) atoms. The van der Waals surface area contributed by atoms with Gasteiger partial charge in [-0.2, -0.15) is 0 Å². The fourth-order valence-electron chi connectivity index (χ4n) is 5.07. The average molecular weight is 646 g/mol. The number of thioether (sulfide) groups is 1. The summed E-state index contributed by atoms with van der Waals surface area (Å²) in [5.74, 6) is 1.51. The second kappa shape index (κ2) is 15.8. The molecule has 0 N–H and O–H groups in total. The highest BCUT2D eigenvalue weighted by Crippen LogP contribution is 2.56. The number of nitrogens with zero attached hydrogens (tertiary/aromatic N) is 1. The predicted molar refractivity (Wildman–Crippen MR) is 189 cm³/mol. The minimum atomic E-state index is -1.67. The van der Waals surface area contributed by atoms with Crippen LogP contribution in [0.15, 0.2) is 181 Å². The third kappa shape index (κ3) is 8.57. The average Bonchev–Trinajstić information content (AvgIpc) is 3.10. The summed E-state index contributed by atoms with van der Waals surface area (Å²) in [5.41, 5.74) is 3.55. The molecule has 0 heterocycles. The maximum atomic E-state index is 6.85. The van der Waals surface area contributed by atoms with Crippen LogP contribution in [0, 0.1) is 0 Å². The summed E-state index contributed by atoms with van der Waals surface area (Å²) in [4.78, 5) is 1.13. The second-order valence-electron chi connectivity index (χ2n) is 10.4. The molecule has 0 fully saturated rings. The Bertz CT molecular complexity index is 1670. The third-order valence-electron chi connectivity index (χ3n) is 7.20. The van der Waals surface area contributed by atoms with Crippen molar-refractivity contribution >= 4 is 31.9 Å². The molecule has 0 aliphatic carbocycles. The van der Waals surface area contributed by atoms with Gasteiger partial charge in [0.15, 0.2) is 0 Å². The van der Waals surface area contributed by atoms with Crippen molar-refractivity contribution in [2.24, 2.45) is 0 Å². The van der Waals surface area contributed by atoms with Gasteiger partial charge >= 0.3 is 8.53 Å². The van der Waals surface area contributed by atoms with Crippen molar-refractivity contribution in [3.05, 3.63) is 198 Å². The van der Waals surface area contributed by atoms with Crippen LogP contribution in [0.2, 0.25) is 5.02 Å². The molecule has 3 nitrogen and oxygen atoms in total. The lowest BCUT2D eigenvalue weighted by Crippen LogP contribution is -2.31. The summed E-state index contributed by atoms with van der Waals surface area (Å²) in [6.45, 7) is 0.607. The highest BCUT2D eigenvalue weighted by molar-refractivity contribution is 7.99. The van der Waals surface area contributed by atoms with Crippen molar-refractivity contribution in [3.8, 4) is 11.5 Å². The standard InChI is InChI=1S/C39H33ClNO2PS/c40-34-26-28-37(29-27-34)45-39(33-20-10-3-11-21-33)38(32-18-8-2-9-19-32)41(30-31-16-6-1-7-17-31)44(42-35-22-12-4-13-23-35)43-36-24-14-5-15-25-36/h1-29,38-39H,30H2/t38-,39+/m0/s1. The Morgan fingerprint density at radius 2 is 0.978 bits per heavy atom. The van der Waals surface area contributed by atoms with Gasteiger partial charge in [0.05, 0.1) is 11.3 Å². The first kappa shape index (κ1) is 31.0. The molecular weight excluding hydrogens is 613 g/mol. The Morgan fingerprint density at radius 3 is 1.49 bits per heavy atom. The van der Waals surface area contributed by atoms with E-state index in [-0.39, 0.29) is 11.3 Å². The first-order chi connectivity index (χ1) is 22.2. The molecule has 6 aromatic rings. The maximum absolute atomic E-state index is 6.85. The van der Waals surface area contributed by atoms with Crippen molar-refractivity contribution in [2.45, 2.75) is 22.7 Å². The van der Waals surface area contributed by atoms with E-state index in [1.54, 1.807) is 0 Å². The lowest BCUT2D eigenvalue weighted by molar-refractivity contribution is 0.274. The van der Waals surface area contributed by atoms with Gasteiger partial charge in [-0.05, 0) is 65.2 Å². The summed E-state index contributed by atoms with van der Waals surface area (Å²) in [5, 5.41) is 0.694. The molecule has 6 rings (SSSR count). The topological polar surface area (TPSA) is 21.7 Å². The van der Waals surface area contributed by atoms with Crippen molar-refractivity contribution in [1.82, 2.24) is 4.67 Å². The highest BCUT2D eigenvalue weighted by Gasteiger charge is 2.39. The van der Waals surface area contributed by atoms with Crippen LogP contribution in [0.4, 0.5) is 0 Å². The van der Waals surface area contributed by atoms with Crippen LogP contribution >= 0.6 is 31.9 Å². The number of rotatable bonds is 13. The van der Waals surface area contributed by atoms with Crippen LogP contribution in [-0.4, -0.2) is 4.67 Å². The van der Waals surface area contributed by atoms with Gasteiger partial charge in [-0.15, -0.1) is 11.8 Å². The van der Waals surface area contributed by atoms with Crippen LogP contribution in [0.3, 0.4) is 0 Å². The van der Waals surface area contributed by atoms with Crippen LogP contribution in [-0.2, 0) is 6.54 Å². The monoisotopic (exact) mass is 645 g/mol. The molecule has 0 unspecified atom stereocenters. The Morgan fingerprint density at radius 1 is 0.533 bits per heavy atom. The van der Waals surface area contributed by atoms with Crippen LogP contribution in [0.5, 0.6) is 11.5 Å². The first-order valence-corrected chi connectivity index (χ1v) is 17.2. The quantitative estimate of drug-likeness (QED) is 0.0920. The number of para-hydroxylation sites is 2. The van der Waals surface area contributed by atoms with E-state index >= 15 is 0 Å². The summed E-state index contributed by atoms with van der Waals surface area (Å²) >= 11 is 8.13. The van der Waals surface area contributed by atoms with Gasteiger partial charge in [0, 0.05) is 16.5 Å². The van der Waals surface area contributed by atoms with E-state index in [9.17, 15) is 0 Å². The van der Waals surface area contributed by atoms with E-state index in [1.807, 2.05) is 84.6 Å². The number of benzene rings is 6. The summed E-state index contributed by atoms with van der Waals surface area (Å²) in [6.07, 6.45) is 0. The molecule has 0 aromatic heterocycles. The van der Waals surface area contributed by atoms with Crippen molar-refractivity contribution < 1.29 is 9.05 Å². The van der Waals surface area contributed by atoms with Crippen LogP contribution in [0.25, 0.3) is 0 Å². The molecule has 0 amide bonds. The highest BCUT2D eigenvalue weighted by atomic mass is 35.5. The van der Waals surface area contributed by atoms with Gasteiger partial charge in [-0.3, -0.25) is 0 Å². The van der Waals surface area contributed by atoms with Gasteiger partial charge in [0.2, 0.25) is 0 Å². The van der Waals surface area contributed by atoms with Gasteiger partial charge in [0.1, 0.15) is 11.5 Å². The smallest absolute Gasteiger partial charge is 0.385 e. The molecule has 0 aliphatic heterocycles.